The average molecular weight is 219 g/mol. The van der Waals surface area contributed by atoms with Gasteiger partial charge in [0.2, 0.25) is 0 Å². The first-order chi connectivity index (χ1) is 7.47. The molecule has 1 nitrogen and oxygen atoms in total. The summed E-state index contributed by atoms with van der Waals surface area (Å²) < 4.78 is 0. The molecule has 1 aromatic rings. The largest absolute Gasteiger partial charge is 0.330 e. The average Bonchev–Trinajstić information content (AvgIpc) is 2.14. The summed E-state index contributed by atoms with van der Waals surface area (Å²) in [6.45, 7) is 12.0. The van der Waals surface area contributed by atoms with Crippen LogP contribution in [0.2, 0.25) is 0 Å². The SMILES string of the molecule is Cc1cc(C)c(C(CCN)C(C)C)c(C)c1. The third-order valence-electron chi connectivity index (χ3n) is 3.39. The van der Waals surface area contributed by atoms with E-state index in [0.717, 1.165) is 13.0 Å². The highest BCUT2D eigenvalue weighted by atomic mass is 14.5. The van der Waals surface area contributed by atoms with Gasteiger partial charge in [-0.25, -0.2) is 0 Å². The van der Waals surface area contributed by atoms with Gasteiger partial charge in [-0.1, -0.05) is 31.5 Å². The first-order valence-corrected chi connectivity index (χ1v) is 6.25. The van der Waals surface area contributed by atoms with Crippen LogP contribution in [0.15, 0.2) is 12.1 Å². The predicted octanol–water partition coefficient (Wildman–Crippen LogP) is 3.70. The van der Waals surface area contributed by atoms with E-state index in [-0.39, 0.29) is 0 Å². The van der Waals surface area contributed by atoms with Crippen LogP contribution < -0.4 is 5.73 Å². The summed E-state index contributed by atoms with van der Waals surface area (Å²) in [5, 5.41) is 0. The zero-order chi connectivity index (χ0) is 12.3. The number of aryl methyl sites for hydroxylation is 3. The summed E-state index contributed by atoms with van der Waals surface area (Å²) in [5.41, 5.74) is 11.5. The van der Waals surface area contributed by atoms with Crippen LogP contribution >= 0.6 is 0 Å². The van der Waals surface area contributed by atoms with Crippen LogP contribution in [0.3, 0.4) is 0 Å². The van der Waals surface area contributed by atoms with Gasteiger partial charge in [0.1, 0.15) is 0 Å². The van der Waals surface area contributed by atoms with Gasteiger partial charge in [-0.15, -0.1) is 0 Å². The second kappa shape index (κ2) is 5.49. The van der Waals surface area contributed by atoms with Gasteiger partial charge < -0.3 is 5.73 Å². The molecule has 0 spiro atoms. The van der Waals surface area contributed by atoms with Gasteiger partial charge in [0.05, 0.1) is 0 Å². The Morgan fingerprint density at radius 1 is 1.06 bits per heavy atom. The second-order valence-corrected chi connectivity index (χ2v) is 5.24. The van der Waals surface area contributed by atoms with Gasteiger partial charge in [-0.2, -0.15) is 0 Å². The third kappa shape index (κ3) is 2.85. The van der Waals surface area contributed by atoms with Crippen molar-refractivity contribution < 1.29 is 0 Å². The summed E-state index contributed by atoms with van der Waals surface area (Å²) >= 11 is 0. The van der Waals surface area contributed by atoms with Gasteiger partial charge in [0.15, 0.2) is 0 Å². The topological polar surface area (TPSA) is 26.0 Å². The van der Waals surface area contributed by atoms with Crippen molar-refractivity contribution >= 4 is 0 Å². The van der Waals surface area contributed by atoms with Gasteiger partial charge in [0, 0.05) is 0 Å². The van der Waals surface area contributed by atoms with Crippen LogP contribution in [0, 0.1) is 26.7 Å². The van der Waals surface area contributed by atoms with Gasteiger partial charge in [-0.3, -0.25) is 0 Å². The maximum atomic E-state index is 5.73. The van der Waals surface area contributed by atoms with E-state index < -0.39 is 0 Å². The maximum Gasteiger partial charge on any atom is -0.00713 e. The molecular weight excluding hydrogens is 194 g/mol. The molecule has 1 aromatic carbocycles. The van der Waals surface area contributed by atoms with E-state index in [1.807, 2.05) is 0 Å². The number of benzene rings is 1. The maximum absolute atomic E-state index is 5.73. The summed E-state index contributed by atoms with van der Waals surface area (Å²) in [4.78, 5) is 0. The minimum absolute atomic E-state index is 0.602. The van der Waals surface area contributed by atoms with Crippen molar-refractivity contribution in [2.45, 2.75) is 47.0 Å². The van der Waals surface area contributed by atoms with Crippen molar-refractivity contribution in [2.24, 2.45) is 11.7 Å². The molecule has 0 saturated carbocycles. The van der Waals surface area contributed by atoms with Crippen LogP contribution in [0.5, 0.6) is 0 Å². The van der Waals surface area contributed by atoms with E-state index in [1.54, 1.807) is 0 Å². The highest BCUT2D eigenvalue weighted by Gasteiger charge is 2.19. The van der Waals surface area contributed by atoms with Crippen LogP contribution in [0.4, 0.5) is 0 Å². The molecule has 0 aliphatic rings. The molecule has 0 aromatic heterocycles. The van der Waals surface area contributed by atoms with Crippen molar-refractivity contribution in [3.8, 4) is 0 Å². The third-order valence-corrected chi connectivity index (χ3v) is 3.39. The Morgan fingerprint density at radius 3 is 1.94 bits per heavy atom. The zero-order valence-corrected chi connectivity index (χ0v) is 11.3. The van der Waals surface area contributed by atoms with Gasteiger partial charge in [0.25, 0.3) is 0 Å². The Balaban J connectivity index is 3.18. The lowest BCUT2D eigenvalue weighted by molar-refractivity contribution is 0.469. The highest BCUT2D eigenvalue weighted by Crippen LogP contribution is 2.32. The number of hydrogen-bond donors (Lipinski definition) is 1. The summed E-state index contributed by atoms with van der Waals surface area (Å²) in [5.74, 6) is 1.26. The van der Waals surface area contributed by atoms with E-state index in [0.29, 0.717) is 11.8 Å². The Hall–Kier alpha value is -0.820. The number of rotatable bonds is 4. The summed E-state index contributed by atoms with van der Waals surface area (Å²) in [7, 11) is 0. The first kappa shape index (κ1) is 13.2. The summed E-state index contributed by atoms with van der Waals surface area (Å²) in [6.07, 6.45) is 1.09. The molecule has 1 atom stereocenters. The van der Waals surface area contributed by atoms with Crippen molar-refractivity contribution in [2.75, 3.05) is 6.54 Å². The molecular formula is C15H25N. The van der Waals surface area contributed by atoms with Crippen molar-refractivity contribution in [3.63, 3.8) is 0 Å². The highest BCUT2D eigenvalue weighted by molar-refractivity contribution is 5.40. The summed E-state index contributed by atoms with van der Waals surface area (Å²) in [6, 6.07) is 4.57. The Bertz CT molecular complexity index is 329. The minimum atomic E-state index is 0.602. The molecule has 0 amide bonds. The van der Waals surface area contributed by atoms with Crippen molar-refractivity contribution in [3.05, 3.63) is 34.4 Å². The number of hydrogen-bond acceptors (Lipinski definition) is 1. The fourth-order valence-electron chi connectivity index (χ4n) is 2.77. The molecule has 0 saturated heterocycles. The Labute approximate surface area is 100 Å². The zero-order valence-electron chi connectivity index (χ0n) is 11.3. The fraction of sp³-hybridized carbons (Fsp3) is 0.600. The van der Waals surface area contributed by atoms with Gasteiger partial charge in [-0.05, 0) is 62.3 Å². The smallest absolute Gasteiger partial charge is 0.00713 e. The lowest BCUT2D eigenvalue weighted by atomic mass is 9.81. The van der Waals surface area contributed by atoms with E-state index in [2.05, 4.69) is 46.8 Å². The Morgan fingerprint density at radius 2 is 1.56 bits per heavy atom. The molecule has 0 aliphatic heterocycles. The predicted molar refractivity (Wildman–Crippen MR) is 71.9 cm³/mol. The van der Waals surface area contributed by atoms with E-state index in [9.17, 15) is 0 Å². The molecule has 0 fully saturated rings. The minimum Gasteiger partial charge on any atom is -0.330 e. The number of nitrogens with two attached hydrogens (primary N) is 1. The molecule has 90 valence electrons. The van der Waals surface area contributed by atoms with Crippen LogP contribution in [0.25, 0.3) is 0 Å². The van der Waals surface area contributed by atoms with Crippen molar-refractivity contribution in [1.29, 1.82) is 0 Å². The molecule has 2 N–H and O–H groups in total. The molecule has 16 heavy (non-hydrogen) atoms. The van der Waals surface area contributed by atoms with Gasteiger partial charge >= 0.3 is 0 Å². The lowest BCUT2D eigenvalue weighted by Gasteiger charge is -2.25. The van der Waals surface area contributed by atoms with E-state index in [1.165, 1.54) is 22.3 Å². The fourth-order valence-corrected chi connectivity index (χ4v) is 2.77. The second-order valence-electron chi connectivity index (χ2n) is 5.24. The van der Waals surface area contributed by atoms with E-state index in [4.69, 9.17) is 5.73 Å². The van der Waals surface area contributed by atoms with Crippen LogP contribution in [-0.2, 0) is 0 Å². The van der Waals surface area contributed by atoms with Crippen LogP contribution in [0.1, 0.15) is 48.4 Å². The normalized spacial score (nSPS) is 13.2. The molecule has 1 rings (SSSR count). The molecule has 0 radical (unpaired) electrons. The first-order valence-electron chi connectivity index (χ1n) is 6.25. The molecule has 0 aliphatic carbocycles. The standard InChI is InChI=1S/C15H25N/c1-10(2)14(6-7-16)15-12(4)8-11(3)9-13(15)5/h8-10,14H,6-7,16H2,1-5H3. The molecule has 1 heteroatoms. The lowest BCUT2D eigenvalue weighted by Crippen LogP contribution is -2.15. The quantitative estimate of drug-likeness (QED) is 0.821. The monoisotopic (exact) mass is 219 g/mol. The van der Waals surface area contributed by atoms with Crippen LogP contribution in [-0.4, -0.2) is 6.54 Å². The molecule has 1 unspecified atom stereocenters. The van der Waals surface area contributed by atoms with Crippen molar-refractivity contribution in [1.82, 2.24) is 0 Å². The van der Waals surface area contributed by atoms with E-state index >= 15 is 0 Å². The molecule has 0 heterocycles. The Kier molecular flexibility index (Phi) is 4.55. The molecule has 0 bridgehead atoms.